The van der Waals surface area contributed by atoms with Crippen LogP contribution in [0, 0.1) is 5.92 Å². The molecule has 1 aromatic carbocycles. The van der Waals surface area contributed by atoms with E-state index in [4.69, 9.17) is 0 Å². The monoisotopic (exact) mass is 303 g/mol. The van der Waals surface area contributed by atoms with Gasteiger partial charge in [-0.1, -0.05) is 24.3 Å². The zero-order chi connectivity index (χ0) is 15.4. The fraction of sp³-hybridized carbons (Fsp3) is 0.263. The predicted octanol–water partition coefficient (Wildman–Crippen LogP) is 3.14. The number of pyridine rings is 1. The summed E-state index contributed by atoms with van der Waals surface area (Å²) in [6.07, 6.45) is 8.91. The molecule has 0 bridgehead atoms. The largest absolute Gasteiger partial charge is 0.388 e. The van der Waals surface area contributed by atoms with Gasteiger partial charge < -0.3 is 9.67 Å². The number of aromatic nitrogens is 3. The molecule has 5 rings (SSSR count). The van der Waals surface area contributed by atoms with Gasteiger partial charge in [0.25, 0.3) is 0 Å². The number of nitrogens with zero attached hydrogens (tertiary/aromatic N) is 3. The number of benzene rings is 1. The highest BCUT2D eigenvalue weighted by Gasteiger charge is 2.40. The van der Waals surface area contributed by atoms with Gasteiger partial charge in [0.1, 0.15) is 0 Å². The average Bonchev–Trinajstić information content (AvgIpc) is 3.17. The molecule has 0 saturated carbocycles. The van der Waals surface area contributed by atoms with Crippen LogP contribution in [0.1, 0.15) is 35.3 Å². The Kier molecular flexibility index (Phi) is 2.70. The van der Waals surface area contributed by atoms with E-state index in [2.05, 4.69) is 38.8 Å². The van der Waals surface area contributed by atoms with E-state index in [0.717, 1.165) is 24.1 Å². The molecule has 0 radical (unpaired) electrons. The number of imidazole rings is 1. The number of aryl methyl sites for hydroxylation is 1. The van der Waals surface area contributed by atoms with Gasteiger partial charge in [-0.05, 0) is 30.0 Å². The van der Waals surface area contributed by atoms with Crippen LogP contribution in [0.15, 0.2) is 55.2 Å². The molecule has 3 aromatic rings. The van der Waals surface area contributed by atoms with Gasteiger partial charge in [-0.25, -0.2) is 4.98 Å². The lowest BCUT2D eigenvalue weighted by molar-refractivity contribution is 0.0717. The zero-order valence-corrected chi connectivity index (χ0v) is 12.6. The summed E-state index contributed by atoms with van der Waals surface area (Å²) in [4.78, 5) is 8.54. The Morgan fingerprint density at radius 2 is 1.96 bits per heavy atom. The van der Waals surface area contributed by atoms with Crippen LogP contribution < -0.4 is 0 Å². The minimum atomic E-state index is -0.487. The molecule has 1 aliphatic carbocycles. The molecule has 1 aliphatic heterocycles. The summed E-state index contributed by atoms with van der Waals surface area (Å²) in [5.74, 6) is 0.142. The molecule has 1 N–H and O–H groups in total. The standard InChI is InChI=1S/C19H17N3O/c23-19-15(6-5-12-7-8-20-9-16(12)19)18-14-4-2-1-3-13(14)17-10-21-11-22(17)18/h1-4,7-11,15,18-19,23H,5-6H2/t15-,18-,19+/m0/s1. The van der Waals surface area contributed by atoms with E-state index >= 15 is 0 Å². The molecule has 23 heavy (non-hydrogen) atoms. The lowest BCUT2D eigenvalue weighted by Crippen LogP contribution is -2.28. The van der Waals surface area contributed by atoms with Crippen LogP contribution in [0.5, 0.6) is 0 Å². The van der Waals surface area contributed by atoms with E-state index in [1.165, 1.54) is 16.7 Å². The van der Waals surface area contributed by atoms with Crippen LogP contribution >= 0.6 is 0 Å². The Labute approximate surface area is 134 Å². The number of hydrogen-bond donors (Lipinski definition) is 1. The lowest BCUT2D eigenvalue weighted by Gasteiger charge is -2.35. The van der Waals surface area contributed by atoms with Crippen LogP contribution in [0.2, 0.25) is 0 Å². The van der Waals surface area contributed by atoms with Gasteiger partial charge in [-0.3, -0.25) is 4.98 Å². The summed E-state index contributed by atoms with van der Waals surface area (Å²) in [5.41, 5.74) is 5.88. The maximum absolute atomic E-state index is 11.0. The first kappa shape index (κ1) is 13.0. The Morgan fingerprint density at radius 3 is 2.91 bits per heavy atom. The van der Waals surface area contributed by atoms with E-state index < -0.39 is 6.10 Å². The molecule has 0 saturated heterocycles. The highest BCUT2D eigenvalue weighted by Crippen LogP contribution is 2.49. The molecule has 2 aliphatic rings. The molecule has 0 fully saturated rings. The molecule has 2 aromatic heterocycles. The van der Waals surface area contributed by atoms with Gasteiger partial charge in [0.2, 0.25) is 0 Å². The predicted molar refractivity (Wildman–Crippen MR) is 86.8 cm³/mol. The van der Waals surface area contributed by atoms with Gasteiger partial charge in [-0.15, -0.1) is 0 Å². The third-order valence-electron chi connectivity index (χ3n) is 5.34. The summed E-state index contributed by atoms with van der Waals surface area (Å²) >= 11 is 0. The maximum Gasteiger partial charge on any atom is 0.0956 e. The number of fused-ring (bicyclic) bond motifs is 4. The van der Waals surface area contributed by atoms with E-state index in [1.54, 1.807) is 0 Å². The zero-order valence-electron chi connectivity index (χ0n) is 12.6. The topological polar surface area (TPSA) is 50.9 Å². The molecule has 3 heterocycles. The van der Waals surface area contributed by atoms with Crippen molar-refractivity contribution in [1.29, 1.82) is 0 Å². The third kappa shape index (κ3) is 1.75. The van der Waals surface area contributed by atoms with Crippen molar-refractivity contribution in [3.8, 4) is 11.3 Å². The fourth-order valence-corrected chi connectivity index (χ4v) is 4.28. The molecule has 0 unspecified atom stereocenters. The van der Waals surface area contributed by atoms with Crippen molar-refractivity contribution < 1.29 is 5.11 Å². The first-order chi connectivity index (χ1) is 11.3. The van der Waals surface area contributed by atoms with Crippen molar-refractivity contribution in [2.75, 3.05) is 0 Å². The SMILES string of the molecule is O[C@H]1c2cnccc2CC[C@H]1[C@@H]1c2ccccc2-c2cncn21. The normalized spacial score (nSPS) is 24.8. The second-order valence-corrected chi connectivity index (χ2v) is 6.44. The summed E-state index contributed by atoms with van der Waals surface area (Å²) < 4.78 is 2.22. The summed E-state index contributed by atoms with van der Waals surface area (Å²) in [5, 5.41) is 11.0. The minimum Gasteiger partial charge on any atom is -0.388 e. The minimum absolute atomic E-state index is 0.142. The Morgan fingerprint density at radius 1 is 1.04 bits per heavy atom. The number of rotatable bonds is 1. The lowest BCUT2D eigenvalue weighted by atomic mass is 9.76. The summed E-state index contributed by atoms with van der Waals surface area (Å²) in [6.45, 7) is 0. The van der Waals surface area contributed by atoms with Crippen LogP contribution in [0.3, 0.4) is 0 Å². The Bertz CT molecular complexity index is 886. The molecule has 4 nitrogen and oxygen atoms in total. The van der Waals surface area contributed by atoms with Crippen LogP contribution in [0.4, 0.5) is 0 Å². The summed E-state index contributed by atoms with van der Waals surface area (Å²) in [7, 11) is 0. The van der Waals surface area contributed by atoms with E-state index in [1.807, 2.05) is 31.0 Å². The van der Waals surface area contributed by atoms with Crippen molar-refractivity contribution >= 4 is 0 Å². The van der Waals surface area contributed by atoms with Crippen molar-refractivity contribution in [2.45, 2.75) is 25.0 Å². The van der Waals surface area contributed by atoms with Crippen LogP contribution in [0.25, 0.3) is 11.3 Å². The Balaban J connectivity index is 1.64. The third-order valence-corrected chi connectivity index (χ3v) is 5.34. The van der Waals surface area contributed by atoms with Crippen LogP contribution in [-0.2, 0) is 6.42 Å². The first-order valence-electron chi connectivity index (χ1n) is 8.06. The van der Waals surface area contributed by atoms with Crippen molar-refractivity contribution in [1.82, 2.24) is 14.5 Å². The molecular formula is C19H17N3O. The molecule has 0 amide bonds. The van der Waals surface area contributed by atoms with Gasteiger partial charge in [0, 0.05) is 29.4 Å². The second kappa shape index (κ2) is 4.77. The highest BCUT2D eigenvalue weighted by molar-refractivity contribution is 5.69. The molecule has 3 atom stereocenters. The van der Waals surface area contributed by atoms with E-state index in [9.17, 15) is 5.11 Å². The number of hydrogen-bond acceptors (Lipinski definition) is 3. The molecule has 114 valence electrons. The van der Waals surface area contributed by atoms with Gasteiger partial charge in [0.15, 0.2) is 0 Å². The van der Waals surface area contributed by atoms with Gasteiger partial charge in [0.05, 0.1) is 30.4 Å². The smallest absolute Gasteiger partial charge is 0.0956 e. The second-order valence-electron chi connectivity index (χ2n) is 6.44. The van der Waals surface area contributed by atoms with Gasteiger partial charge >= 0.3 is 0 Å². The Hall–Kier alpha value is -2.46. The van der Waals surface area contributed by atoms with Crippen LogP contribution in [-0.4, -0.2) is 19.6 Å². The summed E-state index contributed by atoms with van der Waals surface area (Å²) in [6, 6.07) is 10.6. The van der Waals surface area contributed by atoms with E-state index in [-0.39, 0.29) is 12.0 Å². The average molecular weight is 303 g/mol. The fourth-order valence-electron chi connectivity index (χ4n) is 4.28. The van der Waals surface area contributed by atoms with Crippen molar-refractivity contribution in [2.24, 2.45) is 5.92 Å². The highest BCUT2D eigenvalue weighted by atomic mass is 16.3. The molecule has 0 spiro atoms. The molecular weight excluding hydrogens is 286 g/mol. The first-order valence-corrected chi connectivity index (χ1v) is 8.06. The van der Waals surface area contributed by atoms with Crippen molar-refractivity contribution in [3.05, 3.63) is 71.9 Å². The number of aliphatic hydroxyl groups excluding tert-OH is 1. The van der Waals surface area contributed by atoms with Crippen molar-refractivity contribution in [3.63, 3.8) is 0 Å². The maximum atomic E-state index is 11.0. The molecule has 4 heteroatoms. The van der Waals surface area contributed by atoms with Gasteiger partial charge in [-0.2, -0.15) is 0 Å². The quantitative estimate of drug-likeness (QED) is 0.751. The number of aliphatic hydroxyl groups is 1. The van der Waals surface area contributed by atoms with E-state index in [0.29, 0.717) is 0 Å².